The number of aliphatic hydroxyl groups excluding tert-OH is 1. The van der Waals surface area contributed by atoms with Gasteiger partial charge in [0.1, 0.15) is 0 Å². The van der Waals surface area contributed by atoms with Crippen molar-refractivity contribution in [3.8, 4) is 0 Å². The minimum absolute atomic E-state index is 0.204. The summed E-state index contributed by atoms with van der Waals surface area (Å²) < 4.78 is 17.4. The van der Waals surface area contributed by atoms with E-state index in [-0.39, 0.29) is 12.4 Å². The van der Waals surface area contributed by atoms with Crippen LogP contribution in [0.4, 0.5) is 0 Å². The van der Waals surface area contributed by atoms with Crippen LogP contribution in [0.5, 0.6) is 0 Å². The van der Waals surface area contributed by atoms with Gasteiger partial charge < -0.3 is 9.84 Å². The Kier molecular flexibility index (Phi) is 6.60. The molecule has 0 heterocycles. The van der Waals surface area contributed by atoms with Crippen LogP contribution >= 0.6 is 0 Å². The van der Waals surface area contributed by atoms with Crippen molar-refractivity contribution in [2.45, 2.75) is 18.5 Å². The van der Waals surface area contributed by atoms with Gasteiger partial charge in [0.15, 0.2) is 0 Å². The third kappa shape index (κ3) is 6.21. The Bertz CT molecular complexity index is 542. The van der Waals surface area contributed by atoms with E-state index in [4.69, 9.17) is 4.74 Å². The van der Waals surface area contributed by atoms with Crippen LogP contribution in [0.2, 0.25) is 0 Å². The van der Waals surface area contributed by atoms with E-state index in [0.29, 0.717) is 12.4 Å². The molecule has 2 rings (SSSR count). The molecule has 0 aliphatic heterocycles. The second kappa shape index (κ2) is 8.72. The summed E-state index contributed by atoms with van der Waals surface area (Å²) in [5.41, 5.74) is 2.09. The Labute approximate surface area is 128 Å². The molecule has 4 heteroatoms. The first-order chi connectivity index (χ1) is 10.2. The maximum absolute atomic E-state index is 12.0. The van der Waals surface area contributed by atoms with E-state index in [1.54, 1.807) is 0 Å². The fourth-order valence-corrected chi connectivity index (χ4v) is 3.18. The highest BCUT2D eigenvalue weighted by molar-refractivity contribution is 7.84. The number of rotatable bonds is 8. The maximum atomic E-state index is 12.0. The topological polar surface area (TPSA) is 46.5 Å². The van der Waals surface area contributed by atoms with Gasteiger partial charge in [-0.15, -0.1) is 0 Å². The van der Waals surface area contributed by atoms with Crippen molar-refractivity contribution in [3.05, 3.63) is 71.8 Å². The minimum atomic E-state index is -1.08. The van der Waals surface area contributed by atoms with Crippen LogP contribution in [0.3, 0.4) is 0 Å². The summed E-state index contributed by atoms with van der Waals surface area (Å²) in [4.78, 5) is 0. The number of aliphatic hydroxyl groups is 1. The van der Waals surface area contributed by atoms with Crippen molar-refractivity contribution < 1.29 is 14.1 Å². The Morgan fingerprint density at radius 2 is 1.52 bits per heavy atom. The van der Waals surface area contributed by atoms with Gasteiger partial charge in [-0.25, -0.2) is 0 Å². The normalized spacial score (nSPS) is 13.8. The maximum Gasteiger partial charge on any atom is 0.0888 e. The van der Waals surface area contributed by atoms with Crippen LogP contribution in [0.1, 0.15) is 11.1 Å². The molecule has 2 atom stereocenters. The molecule has 0 bridgehead atoms. The lowest BCUT2D eigenvalue weighted by molar-refractivity contribution is 0.0394. The number of ether oxygens (including phenoxy) is 1. The summed E-state index contributed by atoms with van der Waals surface area (Å²) in [6.07, 6.45) is -0.696. The molecule has 0 spiro atoms. The standard InChI is InChI=1S/C17H20O3S/c18-17(12-20-11-15-7-3-1-4-8-15)14-21(19)13-16-9-5-2-6-10-16/h1-10,17-18H,11-14H2. The molecular weight excluding hydrogens is 284 g/mol. The van der Waals surface area contributed by atoms with Crippen LogP contribution in [-0.2, 0) is 27.9 Å². The van der Waals surface area contributed by atoms with E-state index in [1.807, 2.05) is 60.7 Å². The molecule has 21 heavy (non-hydrogen) atoms. The Hall–Kier alpha value is -1.49. The van der Waals surface area contributed by atoms with Crippen molar-refractivity contribution in [1.29, 1.82) is 0 Å². The molecule has 0 amide bonds. The van der Waals surface area contributed by atoms with E-state index in [9.17, 15) is 9.32 Å². The molecule has 0 saturated carbocycles. The zero-order chi connectivity index (χ0) is 14.9. The van der Waals surface area contributed by atoms with Crippen LogP contribution in [-0.4, -0.2) is 27.8 Å². The summed E-state index contributed by atoms with van der Waals surface area (Å²) in [5, 5.41) is 9.86. The summed E-state index contributed by atoms with van der Waals surface area (Å²) in [5.74, 6) is 0.709. The van der Waals surface area contributed by atoms with Crippen molar-refractivity contribution in [1.82, 2.24) is 0 Å². The Morgan fingerprint density at radius 1 is 0.952 bits per heavy atom. The van der Waals surface area contributed by atoms with Crippen molar-refractivity contribution in [3.63, 3.8) is 0 Å². The minimum Gasteiger partial charge on any atom is -0.390 e. The summed E-state index contributed by atoms with van der Waals surface area (Å²) >= 11 is 0. The smallest absolute Gasteiger partial charge is 0.0888 e. The molecule has 2 aromatic carbocycles. The molecular formula is C17H20O3S. The highest BCUT2D eigenvalue weighted by Gasteiger charge is 2.10. The van der Waals surface area contributed by atoms with Gasteiger partial charge in [-0.1, -0.05) is 60.7 Å². The van der Waals surface area contributed by atoms with Crippen LogP contribution in [0.15, 0.2) is 60.7 Å². The molecule has 0 aromatic heterocycles. The summed E-state index contributed by atoms with van der Waals surface area (Å²) in [7, 11) is -1.08. The third-order valence-corrected chi connectivity index (χ3v) is 4.38. The zero-order valence-electron chi connectivity index (χ0n) is 11.9. The molecule has 1 N–H and O–H groups in total. The van der Waals surface area contributed by atoms with Gasteiger partial charge in [0.2, 0.25) is 0 Å². The number of benzene rings is 2. The van der Waals surface area contributed by atoms with Crippen molar-refractivity contribution in [2.75, 3.05) is 12.4 Å². The van der Waals surface area contributed by atoms with E-state index in [1.165, 1.54) is 0 Å². The second-order valence-electron chi connectivity index (χ2n) is 4.89. The quantitative estimate of drug-likeness (QED) is 0.815. The fourth-order valence-electron chi connectivity index (χ4n) is 1.97. The lowest BCUT2D eigenvalue weighted by Crippen LogP contribution is -2.23. The molecule has 2 aromatic rings. The molecule has 0 fully saturated rings. The fraction of sp³-hybridized carbons (Fsp3) is 0.294. The lowest BCUT2D eigenvalue weighted by atomic mass is 10.2. The van der Waals surface area contributed by atoms with Gasteiger partial charge in [0.25, 0.3) is 0 Å². The number of hydrogen-bond donors (Lipinski definition) is 1. The average molecular weight is 304 g/mol. The highest BCUT2D eigenvalue weighted by Crippen LogP contribution is 2.05. The summed E-state index contributed by atoms with van der Waals surface area (Å²) in [6.45, 7) is 0.665. The first-order valence-electron chi connectivity index (χ1n) is 6.92. The SMILES string of the molecule is O=S(Cc1ccccc1)CC(O)COCc1ccccc1. The van der Waals surface area contributed by atoms with Crippen molar-refractivity contribution in [2.24, 2.45) is 0 Å². The first-order valence-corrected chi connectivity index (χ1v) is 8.41. The molecule has 3 nitrogen and oxygen atoms in total. The van der Waals surface area contributed by atoms with Crippen LogP contribution < -0.4 is 0 Å². The monoisotopic (exact) mass is 304 g/mol. The largest absolute Gasteiger partial charge is 0.390 e. The van der Waals surface area contributed by atoms with Crippen LogP contribution in [0, 0.1) is 0 Å². The Balaban J connectivity index is 1.67. The van der Waals surface area contributed by atoms with Crippen LogP contribution in [0.25, 0.3) is 0 Å². The zero-order valence-corrected chi connectivity index (χ0v) is 12.7. The van der Waals surface area contributed by atoms with E-state index < -0.39 is 16.9 Å². The van der Waals surface area contributed by atoms with Gasteiger partial charge in [-0.2, -0.15) is 0 Å². The molecule has 112 valence electrons. The average Bonchev–Trinajstić information content (AvgIpc) is 2.49. The first kappa shape index (κ1) is 15.9. The molecule has 2 unspecified atom stereocenters. The predicted octanol–water partition coefficient (Wildman–Crippen LogP) is 2.51. The third-order valence-electron chi connectivity index (χ3n) is 2.97. The molecule has 0 radical (unpaired) electrons. The number of hydrogen-bond acceptors (Lipinski definition) is 3. The van der Waals surface area contributed by atoms with E-state index >= 15 is 0 Å². The summed E-state index contributed by atoms with van der Waals surface area (Å²) in [6, 6.07) is 19.4. The van der Waals surface area contributed by atoms with Gasteiger partial charge in [0, 0.05) is 16.6 Å². The van der Waals surface area contributed by atoms with E-state index in [0.717, 1.165) is 11.1 Å². The van der Waals surface area contributed by atoms with Gasteiger partial charge in [-0.05, 0) is 11.1 Å². The molecule has 0 saturated heterocycles. The van der Waals surface area contributed by atoms with Gasteiger partial charge in [-0.3, -0.25) is 4.21 Å². The highest BCUT2D eigenvalue weighted by atomic mass is 32.2. The Morgan fingerprint density at radius 3 is 2.14 bits per heavy atom. The lowest BCUT2D eigenvalue weighted by Gasteiger charge is -2.11. The van der Waals surface area contributed by atoms with Crippen molar-refractivity contribution >= 4 is 10.8 Å². The second-order valence-corrected chi connectivity index (χ2v) is 6.39. The van der Waals surface area contributed by atoms with E-state index in [2.05, 4.69) is 0 Å². The predicted molar refractivity (Wildman–Crippen MR) is 85.3 cm³/mol. The molecule has 0 aliphatic carbocycles. The van der Waals surface area contributed by atoms with Gasteiger partial charge >= 0.3 is 0 Å². The van der Waals surface area contributed by atoms with Gasteiger partial charge in [0.05, 0.1) is 25.1 Å². The molecule has 0 aliphatic rings.